The van der Waals surface area contributed by atoms with Gasteiger partial charge in [0.25, 0.3) is 0 Å². The molecule has 2 nitrogen and oxygen atoms in total. The molecule has 0 spiro atoms. The van der Waals surface area contributed by atoms with E-state index >= 15 is 0 Å². The van der Waals surface area contributed by atoms with Gasteiger partial charge in [-0.2, -0.15) is 0 Å². The number of Topliss-reactive ketones (excluding diaryl/α,β-unsaturated/α-hetero) is 1. The minimum Gasteiger partial charge on any atom is -0.303 e. The number of carbonyl (C=O) groups excluding carboxylic acids is 1. The van der Waals surface area contributed by atoms with Gasteiger partial charge in [-0.05, 0) is 62.4 Å². The summed E-state index contributed by atoms with van der Waals surface area (Å²) in [5.74, 6) is 0.627. The Morgan fingerprint density at radius 1 is 1.00 bits per heavy atom. The van der Waals surface area contributed by atoms with E-state index in [4.69, 9.17) is 0 Å². The Hall–Kier alpha value is -1.41. The topological polar surface area (TPSA) is 20.3 Å². The summed E-state index contributed by atoms with van der Waals surface area (Å²) < 4.78 is 0. The Morgan fingerprint density at radius 2 is 1.77 bits per heavy atom. The fraction of sp³-hybridized carbons (Fsp3) is 0.550. The lowest BCUT2D eigenvalue weighted by atomic mass is 9.93. The predicted molar refractivity (Wildman–Crippen MR) is 91.7 cm³/mol. The van der Waals surface area contributed by atoms with Gasteiger partial charge in [0, 0.05) is 12.5 Å². The third kappa shape index (κ3) is 4.07. The highest BCUT2D eigenvalue weighted by atomic mass is 16.1. The molecule has 1 aromatic rings. The molecule has 1 saturated carbocycles. The van der Waals surface area contributed by atoms with Crippen molar-refractivity contribution < 1.29 is 4.79 Å². The molecule has 1 saturated heterocycles. The second kappa shape index (κ2) is 7.73. The highest BCUT2D eigenvalue weighted by molar-refractivity contribution is 6.01. The lowest BCUT2D eigenvalue weighted by Gasteiger charge is -2.29. The van der Waals surface area contributed by atoms with Gasteiger partial charge in [0.05, 0.1) is 0 Å². The number of nitrogens with zero attached hydrogens (tertiary/aromatic N) is 1. The molecule has 1 atom stereocenters. The van der Waals surface area contributed by atoms with Crippen LogP contribution in [0.25, 0.3) is 6.08 Å². The van der Waals surface area contributed by atoms with Crippen molar-refractivity contribution in [3.8, 4) is 0 Å². The molecule has 22 heavy (non-hydrogen) atoms. The molecule has 118 valence electrons. The normalized spacial score (nSPS) is 26.1. The van der Waals surface area contributed by atoms with Gasteiger partial charge in [-0.1, -0.05) is 43.2 Å². The van der Waals surface area contributed by atoms with Gasteiger partial charge in [-0.25, -0.2) is 0 Å². The van der Waals surface area contributed by atoms with E-state index in [2.05, 4.69) is 23.1 Å². The molecule has 2 aliphatic rings. The second-order valence-electron chi connectivity index (χ2n) is 6.75. The van der Waals surface area contributed by atoms with Crippen LogP contribution in [0.2, 0.25) is 0 Å². The van der Waals surface area contributed by atoms with E-state index < -0.39 is 0 Å². The van der Waals surface area contributed by atoms with E-state index in [1.807, 2.05) is 18.2 Å². The summed E-state index contributed by atoms with van der Waals surface area (Å²) in [6.45, 7) is 3.34. The lowest BCUT2D eigenvalue weighted by Crippen LogP contribution is -2.36. The molecule has 0 radical (unpaired) electrons. The molecule has 0 bridgehead atoms. The fourth-order valence-corrected chi connectivity index (χ4v) is 3.74. The predicted octanol–water partition coefficient (Wildman–Crippen LogP) is 4.32. The SMILES string of the molecule is O=C1/C(=C/c2ccccc2)CCCCC1CN1CCCCC1. The van der Waals surface area contributed by atoms with Gasteiger partial charge in [0.15, 0.2) is 5.78 Å². The standard InChI is InChI=1S/C20H27NO/c22-20-18(15-17-9-3-1-4-10-17)11-5-6-12-19(20)16-21-13-7-2-8-14-21/h1,3-4,9-10,15,19H,2,5-8,11-14,16H2/b18-15+. The van der Waals surface area contributed by atoms with Crippen LogP contribution in [0, 0.1) is 5.92 Å². The Kier molecular flexibility index (Phi) is 5.44. The van der Waals surface area contributed by atoms with Crippen molar-refractivity contribution in [2.45, 2.75) is 44.9 Å². The first kappa shape index (κ1) is 15.5. The van der Waals surface area contributed by atoms with E-state index in [0.29, 0.717) is 5.78 Å². The fourth-order valence-electron chi connectivity index (χ4n) is 3.74. The maximum absolute atomic E-state index is 12.9. The number of piperidine rings is 1. The van der Waals surface area contributed by atoms with Crippen molar-refractivity contribution >= 4 is 11.9 Å². The van der Waals surface area contributed by atoms with E-state index in [0.717, 1.165) is 36.9 Å². The van der Waals surface area contributed by atoms with Crippen molar-refractivity contribution in [2.75, 3.05) is 19.6 Å². The van der Waals surface area contributed by atoms with Crippen LogP contribution in [-0.4, -0.2) is 30.3 Å². The van der Waals surface area contributed by atoms with Gasteiger partial charge in [-0.3, -0.25) is 4.79 Å². The molecule has 1 aromatic carbocycles. The molecule has 0 amide bonds. The zero-order valence-electron chi connectivity index (χ0n) is 13.5. The molecule has 1 heterocycles. The van der Waals surface area contributed by atoms with Crippen molar-refractivity contribution in [1.29, 1.82) is 0 Å². The van der Waals surface area contributed by atoms with Crippen LogP contribution < -0.4 is 0 Å². The minimum atomic E-state index is 0.218. The summed E-state index contributed by atoms with van der Waals surface area (Å²) in [6, 6.07) is 10.3. The number of ketones is 1. The van der Waals surface area contributed by atoms with Crippen LogP contribution in [0.1, 0.15) is 50.5 Å². The Bertz CT molecular complexity index is 514. The van der Waals surface area contributed by atoms with E-state index in [9.17, 15) is 4.79 Å². The van der Waals surface area contributed by atoms with Crippen LogP contribution >= 0.6 is 0 Å². The first-order valence-electron chi connectivity index (χ1n) is 8.85. The molecular weight excluding hydrogens is 270 g/mol. The molecule has 2 heteroatoms. The van der Waals surface area contributed by atoms with E-state index in [1.165, 1.54) is 38.8 Å². The third-order valence-corrected chi connectivity index (χ3v) is 5.00. The van der Waals surface area contributed by atoms with Crippen LogP contribution in [0.5, 0.6) is 0 Å². The average Bonchev–Trinajstić information content (AvgIpc) is 2.73. The first-order chi connectivity index (χ1) is 10.8. The molecule has 1 aliphatic carbocycles. The number of rotatable bonds is 3. The number of hydrogen-bond donors (Lipinski definition) is 0. The number of carbonyl (C=O) groups is 1. The van der Waals surface area contributed by atoms with Crippen molar-refractivity contribution in [3.05, 3.63) is 41.5 Å². The Labute approximate surface area is 134 Å². The summed E-state index contributed by atoms with van der Waals surface area (Å²) >= 11 is 0. The summed E-state index contributed by atoms with van der Waals surface area (Å²) in [7, 11) is 0. The Balaban J connectivity index is 1.71. The maximum Gasteiger partial charge on any atom is 0.163 e. The first-order valence-corrected chi connectivity index (χ1v) is 8.85. The van der Waals surface area contributed by atoms with Gasteiger partial charge >= 0.3 is 0 Å². The van der Waals surface area contributed by atoms with Gasteiger partial charge < -0.3 is 4.90 Å². The van der Waals surface area contributed by atoms with Crippen LogP contribution in [-0.2, 0) is 4.79 Å². The largest absolute Gasteiger partial charge is 0.303 e. The zero-order valence-corrected chi connectivity index (χ0v) is 13.5. The summed E-state index contributed by atoms with van der Waals surface area (Å²) in [4.78, 5) is 15.4. The lowest BCUT2D eigenvalue weighted by molar-refractivity contribution is -0.119. The van der Waals surface area contributed by atoms with Gasteiger partial charge in [-0.15, -0.1) is 0 Å². The van der Waals surface area contributed by atoms with E-state index in [-0.39, 0.29) is 5.92 Å². The summed E-state index contributed by atoms with van der Waals surface area (Å²) in [5.41, 5.74) is 2.20. The molecule has 1 aliphatic heterocycles. The average molecular weight is 297 g/mol. The molecule has 1 unspecified atom stereocenters. The van der Waals surface area contributed by atoms with Crippen LogP contribution in [0.15, 0.2) is 35.9 Å². The molecule has 2 fully saturated rings. The quantitative estimate of drug-likeness (QED) is 0.612. The monoisotopic (exact) mass is 297 g/mol. The third-order valence-electron chi connectivity index (χ3n) is 5.00. The maximum atomic E-state index is 12.9. The van der Waals surface area contributed by atoms with Crippen molar-refractivity contribution in [3.63, 3.8) is 0 Å². The summed E-state index contributed by atoms with van der Waals surface area (Å²) in [5, 5.41) is 0. The van der Waals surface area contributed by atoms with Gasteiger partial charge in [0.2, 0.25) is 0 Å². The van der Waals surface area contributed by atoms with Crippen molar-refractivity contribution in [1.82, 2.24) is 4.90 Å². The molecule has 0 aromatic heterocycles. The number of benzene rings is 1. The zero-order chi connectivity index (χ0) is 15.2. The number of likely N-dealkylation sites (tertiary alicyclic amines) is 1. The highest BCUT2D eigenvalue weighted by Gasteiger charge is 2.27. The van der Waals surface area contributed by atoms with Gasteiger partial charge in [0.1, 0.15) is 0 Å². The van der Waals surface area contributed by atoms with E-state index in [1.54, 1.807) is 0 Å². The molecule has 3 rings (SSSR count). The number of allylic oxidation sites excluding steroid dienone is 1. The highest BCUT2D eigenvalue weighted by Crippen LogP contribution is 2.27. The smallest absolute Gasteiger partial charge is 0.163 e. The van der Waals surface area contributed by atoms with Crippen LogP contribution in [0.3, 0.4) is 0 Å². The van der Waals surface area contributed by atoms with Crippen LogP contribution in [0.4, 0.5) is 0 Å². The molecule has 0 N–H and O–H groups in total. The minimum absolute atomic E-state index is 0.218. The summed E-state index contributed by atoms with van der Waals surface area (Å²) in [6.07, 6.45) is 10.4. The Morgan fingerprint density at radius 3 is 2.55 bits per heavy atom. The second-order valence-corrected chi connectivity index (χ2v) is 6.75. The molecular formula is C20H27NO. The van der Waals surface area contributed by atoms with Crippen molar-refractivity contribution in [2.24, 2.45) is 5.92 Å². The number of hydrogen-bond acceptors (Lipinski definition) is 2.